The minimum absolute atomic E-state index is 0.000697. The van der Waals surface area contributed by atoms with Gasteiger partial charge in [-0.25, -0.2) is 13.1 Å². The van der Waals surface area contributed by atoms with Crippen LogP contribution in [0.3, 0.4) is 0 Å². The average molecular weight is 319 g/mol. The van der Waals surface area contributed by atoms with E-state index in [0.29, 0.717) is 6.54 Å². The molecule has 0 aliphatic heterocycles. The Morgan fingerprint density at radius 1 is 1.45 bits per heavy atom. The molecule has 0 amide bonds. The number of nitrogens with zero attached hydrogens (tertiary/aromatic N) is 1. The van der Waals surface area contributed by atoms with E-state index in [-0.39, 0.29) is 21.5 Å². The SMILES string of the molecule is CNc1cc(S(=O)(=O)NCC(C)SC)ccc1[N+](=O)[O-]. The summed E-state index contributed by atoms with van der Waals surface area (Å²) in [7, 11) is -2.16. The van der Waals surface area contributed by atoms with Gasteiger partial charge in [-0.1, -0.05) is 6.92 Å². The van der Waals surface area contributed by atoms with E-state index < -0.39 is 14.9 Å². The Kier molecular flexibility index (Phi) is 5.78. The van der Waals surface area contributed by atoms with E-state index in [1.54, 1.807) is 11.8 Å². The maximum atomic E-state index is 12.1. The number of nitrogens with one attached hydrogen (secondary N) is 2. The molecule has 1 rings (SSSR count). The normalized spacial score (nSPS) is 12.9. The van der Waals surface area contributed by atoms with Gasteiger partial charge in [0, 0.05) is 24.9 Å². The molecule has 0 radical (unpaired) electrons. The summed E-state index contributed by atoms with van der Waals surface area (Å²) >= 11 is 1.55. The molecule has 1 aromatic rings. The monoisotopic (exact) mass is 319 g/mol. The molecule has 9 heteroatoms. The third-order valence-corrected chi connectivity index (χ3v) is 5.10. The van der Waals surface area contributed by atoms with E-state index in [1.165, 1.54) is 25.2 Å². The Labute approximate surface area is 122 Å². The number of anilines is 1. The minimum atomic E-state index is -3.67. The Hall–Kier alpha value is -1.32. The molecule has 0 aromatic heterocycles. The van der Waals surface area contributed by atoms with Gasteiger partial charge in [0.1, 0.15) is 5.69 Å². The number of benzene rings is 1. The van der Waals surface area contributed by atoms with Crippen LogP contribution in [0.5, 0.6) is 0 Å². The highest BCUT2D eigenvalue weighted by Crippen LogP contribution is 2.26. The zero-order valence-corrected chi connectivity index (χ0v) is 13.0. The summed E-state index contributed by atoms with van der Waals surface area (Å²) in [6, 6.07) is 3.66. The van der Waals surface area contributed by atoms with E-state index in [0.717, 1.165) is 0 Å². The lowest BCUT2D eigenvalue weighted by Crippen LogP contribution is -2.29. The van der Waals surface area contributed by atoms with Crippen molar-refractivity contribution < 1.29 is 13.3 Å². The molecule has 7 nitrogen and oxygen atoms in total. The van der Waals surface area contributed by atoms with Crippen molar-refractivity contribution in [3.05, 3.63) is 28.3 Å². The number of hydrogen-bond donors (Lipinski definition) is 2. The molecule has 0 aliphatic rings. The van der Waals surface area contributed by atoms with Crippen molar-refractivity contribution in [3.63, 3.8) is 0 Å². The molecule has 0 bridgehead atoms. The Bertz CT molecular complexity index is 589. The largest absolute Gasteiger partial charge is 0.383 e. The molecular weight excluding hydrogens is 302 g/mol. The van der Waals surface area contributed by atoms with Gasteiger partial charge >= 0.3 is 0 Å². The van der Waals surface area contributed by atoms with E-state index in [9.17, 15) is 18.5 Å². The molecule has 1 aromatic carbocycles. The van der Waals surface area contributed by atoms with Gasteiger partial charge in [0.25, 0.3) is 5.69 Å². The van der Waals surface area contributed by atoms with Crippen LogP contribution < -0.4 is 10.0 Å². The fraction of sp³-hybridized carbons (Fsp3) is 0.455. The highest BCUT2D eigenvalue weighted by molar-refractivity contribution is 7.99. The van der Waals surface area contributed by atoms with Gasteiger partial charge in [-0.2, -0.15) is 11.8 Å². The molecule has 0 spiro atoms. The van der Waals surface area contributed by atoms with Crippen LogP contribution in [-0.4, -0.2) is 38.4 Å². The molecule has 0 saturated carbocycles. The molecule has 0 aliphatic carbocycles. The minimum Gasteiger partial charge on any atom is -0.383 e. The van der Waals surface area contributed by atoms with Crippen LogP contribution in [0.25, 0.3) is 0 Å². The lowest BCUT2D eigenvalue weighted by molar-refractivity contribution is -0.384. The van der Waals surface area contributed by atoms with E-state index in [2.05, 4.69) is 10.0 Å². The van der Waals surface area contributed by atoms with Crippen molar-refractivity contribution >= 4 is 33.2 Å². The second-order valence-electron chi connectivity index (χ2n) is 4.08. The van der Waals surface area contributed by atoms with Crippen LogP contribution >= 0.6 is 11.8 Å². The second kappa shape index (κ2) is 6.91. The first-order valence-corrected chi connectivity index (χ1v) is 8.57. The average Bonchev–Trinajstić information content (AvgIpc) is 2.43. The van der Waals surface area contributed by atoms with Crippen LogP contribution in [0.15, 0.2) is 23.1 Å². The molecule has 1 atom stereocenters. The standard InChI is InChI=1S/C11H17N3O4S2/c1-8(19-3)7-13-20(17,18)9-4-5-11(14(15)16)10(6-9)12-2/h4-6,8,12-13H,7H2,1-3H3. The predicted octanol–water partition coefficient (Wildman–Crippen LogP) is 1.67. The topological polar surface area (TPSA) is 101 Å². The number of thioether (sulfide) groups is 1. The molecule has 0 saturated heterocycles. The number of nitro groups is 1. The molecule has 112 valence electrons. The predicted molar refractivity (Wildman–Crippen MR) is 80.8 cm³/mol. The highest BCUT2D eigenvalue weighted by atomic mass is 32.2. The van der Waals surface area contributed by atoms with Gasteiger partial charge in [-0.15, -0.1) is 0 Å². The number of hydrogen-bond acceptors (Lipinski definition) is 6. The third kappa shape index (κ3) is 4.09. The van der Waals surface area contributed by atoms with Crippen molar-refractivity contribution in [1.29, 1.82) is 0 Å². The summed E-state index contributed by atoms with van der Waals surface area (Å²) in [6.07, 6.45) is 1.89. The molecule has 1 unspecified atom stereocenters. The maximum absolute atomic E-state index is 12.1. The highest BCUT2D eigenvalue weighted by Gasteiger charge is 2.20. The van der Waals surface area contributed by atoms with Crippen molar-refractivity contribution in [1.82, 2.24) is 4.72 Å². The first kappa shape index (κ1) is 16.7. The van der Waals surface area contributed by atoms with E-state index in [1.807, 2.05) is 13.2 Å². The van der Waals surface area contributed by atoms with Gasteiger partial charge in [0.05, 0.1) is 9.82 Å². The lowest BCUT2D eigenvalue weighted by atomic mass is 10.3. The molecular formula is C11H17N3O4S2. The molecule has 0 heterocycles. The third-order valence-electron chi connectivity index (χ3n) is 2.71. The number of rotatable bonds is 7. The van der Waals surface area contributed by atoms with Crippen molar-refractivity contribution in [2.75, 3.05) is 25.2 Å². The second-order valence-corrected chi connectivity index (χ2v) is 7.13. The Morgan fingerprint density at radius 3 is 2.60 bits per heavy atom. The van der Waals surface area contributed by atoms with E-state index >= 15 is 0 Å². The quantitative estimate of drug-likeness (QED) is 0.585. The molecule has 20 heavy (non-hydrogen) atoms. The van der Waals surface area contributed by atoms with Gasteiger partial charge < -0.3 is 5.32 Å². The first-order chi connectivity index (χ1) is 9.31. The number of nitro benzene ring substituents is 1. The van der Waals surface area contributed by atoms with E-state index in [4.69, 9.17) is 0 Å². The van der Waals surface area contributed by atoms with Crippen LogP contribution in [0, 0.1) is 10.1 Å². The van der Waals surface area contributed by atoms with Gasteiger partial charge in [-0.3, -0.25) is 10.1 Å². The maximum Gasteiger partial charge on any atom is 0.292 e. The smallest absolute Gasteiger partial charge is 0.292 e. The van der Waals surface area contributed by atoms with Gasteiger partial charge in [0.15, 0.2) is 0 Å². The van der Waals surface area contributed by atoms with Crippen LogP contribution in [-0.2, 0) is 10.0 Å². The van der Waals surface area contributed by atoms with Crippen molar-refractivity contribution in [2.24, 2.45) is 0 Å². The van der Waals surface area contributed by atoms with Crippen molar-refractivity contribution in [3.8, 4) is 0 Å². The molecule has 0 fully saturated rings. The van der Waals surface area contributed by atoms with Crippen LogP contribution in [0.4, 0.5) is 11.4 Å². The number of sulfonamides is 1. The van der Waals surface area contributed by atoms with Gasteiger partial charge in [-0.05, 0) is 18.4 Å². The summed E-state index contributed by atoms with van der Waals surface area (Å²) in [4.78, 5) is 10.2. The fourth-order valence-electron chi connectivity index (χ4n) is 1.44. The van der Waals surface area contributed by atoms with Gasteiger partial charge in [0.2, 0.25) is 10.0 Å². The zero-order valence-electron chi connectivity index (χ0n) is 11.4. The van der Waals surface area contributed by atoms with Crippen molar-refractivity contribution in [2.45, 2.75) is 17.1 Å². The summed E-state index contributed by atoms with van der Waals surface area (Å²) in [5.74, 6) is 0. The summed E-state index contributed by atoms with van der Waals surface area (Å²) in [5.41, 5.74) is -0.000258. The Morgan fingerprint density at radius 2 is 2.10 bits per heavy atom. The van der Waals surface area contributed by atoms with Crippen LogP contribution in [0.2, 0.25) is 0 Å². The molecule has 2 N–H and O–H groups in total. The summed E-state index contributed by atoms with van der Waals surface area (Å²) in [6.45, 7) is 2.21. The summed E-state index contributed by atoms with van der Waals surface area (Å²) < 4.78 is 26.6. The zero-order chi connectivity index (χ0) is 15.3. The van der Waals surface area contributed by atoms with Crippen LogP contribution in [0.1, 0.15) is 6.92 Å². The fourth-order valence-corrected chi connectivity index (χ4v) is 2.95. The first-order valence-electron chi connectivity index (χ1n) is 5.80. The summed E-state index contributed by atoms with van der Waals surface area (Å²) in [5, 5.41) is 13.6. The Balaban J connectivity index is 3.04. The lowest BCUT2D eigenvalue weighted by Gasteiger charge is -2.11.